The second-order valence-corrected chi connectivity index (χ2v) is 8.31. The maximum Gasteiger partial charge on any atom is 0.191 e. The Morgan fingerprint density at radius 2 is 1.81 bits per heavy atom. The van der Waals surface area contributed by atoms with E-state index in [0.717, 1.165) is 38.2 Å². The summed E-state index contributed by atoms with van der Waals surface area (Å²) in [6, 6.07) is 10.2. The zero-order valence-electron chi connectivity index (χ0n) is 17.4. The first-order valence-corrected chi connectivity index (χ1v) is 10.7. The number of benzene rings is 1. The third-order valence-electron chi connectivity index (χ3n) is 5.69. The lowest BCUT2D eigenvalue weighted by atomic mass is 10.1. The van der Waals surface area contributed by atoms with Crippen LogP contribution in [-0.4, -0.2) is 61.6 Å². The van der Waals surface area contributed by atoms with Gasteiger partial charge in [0.15, 0.2) is 5.96 Å². The molecule has 0 radical (unpaired) electrons. The van der Waals surface area contributed by atoms with E-state index in [-0.39, 0.29) is 0 Å². The molecule has 27 heavy (non-hydrogen) atoms. The topological polar surface area (TPSA) is 42.9 Å². The van der Waals surface area contributed by atoms with Gasteiger partial charge in [0.1, 0.15) is 0 Å². The van der Waals surface area contributed by atoms with Crippen LogP contribution in [0.1, 0.15) is 50.2 Å². The maximum atomic E-state index is 4.83. The van der Waals surface area contributed by atoms with Crippen LogP contribution in [0.5, 0.6) is 0 Å². The molecule has 0 amide bonds. The molecule has 1 saturated heterocycles. The van der Waals surface area contributed by atoms with Crippen LogP contribution >= 0.6 is 0 Å². The monoisotopic (exact) mass is 371 g/mol. The summed E-state index contributed by atoms with van der Waals surface area (Å²) in [7, 11) is 4.20. The van der Waals surface area contributed by atoms with Crippen LogP contribution in [0.15, 0.2) is 29.3 Å². The second kappa shape index (κ2) is 10.1. The summed E-state index contributed by atoms with van der Waals surface area (Å²) in [5.41, 5.74) is 2.60. The van der Waals surface area contributed by atoms with Gasteiger partial charge in [-0.2, -0.15) is 0 Å². The zero-order chi connectivity index (χ0) is 19.1. The predicted molar refractivity (Wildman–Crippen MR) is 114 cm³/mol. The Hall–Kier alpha value is -1.59. The van der Waals surface area contributed by atoms with Gasteiger partial charge in [-0.3, -0.25) is 4.90 Å². The summed E-state index contributed by atoms with van der Waals surface area (Å²) in [5, 5.41) is 7.08. The Morgan fingerprint density at radius 3 is 2.48 bits per heavy atom. The van der Waals surface area contributed by atoms with Gasteiger partial charge >= 0.3 is 0 Å². The SMILES string of the molecule is CCNC(=NCc1ccc(CN(C)C)cc1)NC1CCN(C2CCCC2)C1. The van der Waals surface area contributed by atoms with Gasteiger partial charge in [-0.25, -0.2) is 4.99 Å². The molecule has 1 aromatic rings. The van der Waals surface area contributed by atoms with Gasteiger partial charge < -0.3 is 15.5 Å². The van der Waals surface area contributed by atoms with Gasteiger partial charge in [0, 0.05) is 38.3 Å². The van der Waals surface area contributed by atoms with E-state index in [9.17, 15) is 0 Å². The summed E-state index contributed by atoms with van der Waals surface area (Å²) < 4.78 is 0. The van der Waals surface area contributed by atoms with E-state index in [1.165, 1.54) is 49.8 Å². The average Bonchev–Trinajstić information content (AvgIpc) is 3.32. The highest BCUT2D eigenvalue weighted by atomic mass is 15.3. The van der Waals surface area contributed by atoms with Crippen LogP contribution in [0.4, 0.5) is 0 Å². The van der Waals surface area contributed by atoms with Gasteiger partial charge in [0.2, 0.25) is 0 Å². The highest BCUT2D eigenvalue weighted by Gasteiger charge is 2.30. The molecule has 1 saturated carbocycles. The van der Waals surface area contributed by atoms with Crippen LogP contribution in [0, 0.1) is 0 Å². The maximum absolute atomic E-state index is 4.83. The minimum Gasteiger partial charge on any atom is -0.357 e. The summed E-state index contributed by atoms with van der Waals surface area (Å²) in [5.74, 6) is 0.952. The number of nitrogens with zero attached hydrogens (tertiary/aromatic N) is 3. The van der Waals surface area contributed by atoms with Crippen LogP contribution in [0.25, 0.3) is 0 Å². The standard InChI is InChI=1S/C22H37N5/c1-4-23-22(24-15-18-9-11-19(12-10-18)16-26(2)3)25-20-13-14-27(17-20)21-7-5-6-8-21/h9-12,20-21H,4-8,13-17H2,1-3H3,(H2,23,24,25). The Balaban J connectivity index is 1.52. The molecule has 2 fully saturated rings. The largest absolute Gasteiger partial charge is 0.357 e. The number of likely N-dealkylation sites (tertiary alicyclic amines) is 1. The van der Waals surface area contributed by atoms with Crippen molar-refractivity contribution in [2.24, 2.45) is 4.99 Å². The van der Waals surface area contributed by atoms with E-state index in [4.69, 9.17) is 4.99 Å². The minimum absolute atomic E-state index is 0.519. The first-order valence-electron chi connectivity index (χ1n) is 10.7. The van der Waals surface area contributed by atoms with Crippen molar-refractivity contribution in [2.75, 3.05) is 33.7 Å². The molecule has 5 heteroatoms. The Kier molecular flexibility index (Phi) is 7.53. The van der Waals surface area contributed by atoms with Crippen molar-refractivity contribution in [3.8, 4) is 0 Å². The molecule has 0 spiro atoms. The molecular weight excluding hydrogens is 334 g/mol. The molecule has 1 heterocycles. The normalized spacial score (nSPS) is 21.9. The first-order chi connectivity index (χ1) is 13.1. The predicted octanol–water partition coefficient (Wildman–Crippen LogP) is 2.82. The van der Waals surface area contributed by atoms with Crippen LogP contribution in [-0.2, 0) is 13.1 Å². The smallest absolute Gasteiger partial charge is 0.191 e. The Bertz CT molecular complexity index is 589. The van der Waals surface area contributed by atoms with E-state index in [1.807, 2.05) is 0 Å². The first kappa shape index (κ1) is 20.2. The molecule has 0 aromatic heterocycles. The van der Waals surface area contributed by atoms with Crippen molar-refractivity contribution < 1.29 is 0 Å². The van der Waals surface area contributed by atoms with Crippen LogP contribution in [0.3, 0.4) is 0 Å². The molecule has 1 unspecified atom stereocenters. The molecule has 1 atom stereocenters. The van der Waals surface area contributed by atoms with E-state index < -0.39 is 0 Å². The van der Waals surface area contributed by atoms with Crippen molar-refractivity contribution >= 4 is 5.96 Å². The number of aliphatic imine (C=N–C) groups is 1. The molecule has 1 aliphatic heterocycles. The fourth-order valence-corrected chi connectivity index (χ4v) is 4.31. The van der Waals surface area contributed by atoms with Crippen LogP contribution < -0.4 is 10.6 Å². The molecular formula is C22H37N5. The molecule has 150 valence electrons. The minimum atomic E-state index is 0.519. The average molecular weight is 372 g/mol. The van der Waals surface area contributed by atoms with Crippen molar-refractivity contribution in [1.29, 1.82) is 0 Å². The molecule has 0 bridgehead atoms. The summed E-state index contributed by atoms with van der Waals surface area (Å²) in [6.07, 6.45) is 6.84. The van der Waals surface area contributed by atoms with Gasteiger partial charge in [-0.05, 0) is 51.4 Å². The van der Waals surface area contributed by atoms with Gasteiger partial charge in [0.05, 0.1) is 6.54 Å². The summed E-state index contributed by atoms with van der Waals surface area (Å²) in [4.78, 5) is 9.71. The van der Waals surface area contributed by atoms with Gasteiger partial charge in [-0.15, -0.1) is 0 Å². The molecule has 2 aliphatic rings. The Labute approximate surface area is 165 Å². The third-order valence-corrected chi connectivity index (χ3v) is 5.69. The lowest BCUT2D eigenvalue weighted by Gasteiger charge is -2.24. The second-order valence-electron chi connectivity index (χ2n) is 8.31. The number of guanidine groups is 1. The summed E-state index contributed by atoms with van der Waals surface area (Å²) >= 11 is 0. The highest BCUT2D eigenvalue weighted by Crippen LogP contribution is 2.26. The van der Waals surface area contributed by atoms with Crippen molar-refractivity contribution in [2.45, 2.75) is 64.2 Å². The van der Waals surface area contributed by atoms with Crippen molar-refractivity contribution in [3.63, 3.8) is 0 Å². The Morgan fingerprint density at radius 1 is 1.11 bits per heavy atom. The molecule has 1 aromatic carbocycles. The number of rotatable bonds is 7. The van der Waals surface area contributed by atoms with Crippen molar-refractivity contribution in [3.05, 3.63) is 35.4 Å². The lowest BCUT2D eigenvalue weighted by molar-refractivity contribution is 0.242. The summed E-state index contributed by atoms with van der Waals surface area (Å²) in [6.45, 7) is 7.12. The van der Waals surface area contributed by atoms with E-state index in [1.54, 1.807) is 0 Å². The fraction of sp³-hybridized carbons (Fsp3) is 0.682. The van der Waals surface area contributed by atoms with Gasteiger partial charge in [-0.1, -0.05) is 37.1 Å². The van der Waals surface area contributed by atoms with Gasteiger partial charge in [0.25, 0.3) is 0 Å². The molecule has 3 rings (SSSR count). The molecule has 5 nitrogen and oxygen atoms in total. The quantitative estimate of drug-likeness (QED) is 0.571. The molecule has 2 N–H and O–H groups in total. The van der Waals surface area contributed by atoms with E-state index in [0.29, 0.717) is 6.04 Å². The zero-order valence-corrected chi connectivity index (χ0v) is 17.4. The van der Waals surface area contributed by atoms with Crippen molar-refractivity contribution in [1.82, 2.24) is 20.4 Å². The molecule has 1 aliphatic carbocycles. The number of hydrogen-bond acceptors (Lipinski definition) is 3. The lowest BCUT2D eigenvalue weighted by Crippen LogP contribution is -2.45. The van der Waals surface area contributed by atoms with E-state index in [2.05, 4.69) is 65.7 Å². The number of nitrogens with one attached hydrogen (secondary N) is 2. The van der Waals surface area contributed by atoms with E-state index >= 15 is 0 Å². The third kappa shape index (κ3) is 6.22. The number of hydrogen-bond donors (Lipinski definition) is 2. The highest BCUT2D eigenvalue weighted by molar-refractivity contribution is 5.80. The van der Waals surface area contributed by atoms with Crippen LogP contribution in [0.2, 0.25) is 0 Å². The fourth-order valence-electron chi connectivity index (χ4n) is 4.31.